The molecule has 1 aromatic heterocycles. The van der Waals surface area contributed by atoms with Gasteiger partial charge in [0.25, 0.3) is 5.91 Å². The third kappa shape index (κ3) is 3.88. The number of halogens is 1. The van der Waals surface area contributed by atoms with Gasteiger partial charge in [-0.3, -0.25) is 9.59 Å². The lowest BCUT2D eigenvalue weighted by Crippen LogP contribution is -2.49. The number of carbonyl (C=O) groups is 2. The summed E-state index contributed by atoms with van der Waals surface area (Å²) in [5.41, 5.74) is 6.14. The van der Waals surface area contributed by atoms with Gasteiger partial charge in [-0.1, -0.05) is 18.2 Å². The molecule has 2 aromatic rings. The fourth-order valence-electron chi connectivity index (χ4n) is 2.86. The number of carbonyl (C=O) groups excluding carboxylic acids is 2. The summed E-state index contributed by atoms with van der Waals surface area (Å²) in [6, 6.07) is 9.59. The van der Waals surface area contributed by atoms with E-state index in [4.69, 9.17) is 5.73 Å². The molecule has 0 unspecified atom stereocenters. The van der Waals surface area contributed by atoms with E-state index in [1.54, 1.807) is 41.4 Å². The summed E-state index contributed by atoms with van der Waals surface area (Å²) < 4.78 is 13.6. The quantitative estimate of drug-likeness (QED) is 0.848. The summed E-state index contributed by atoms with van der Waals surface area (Å²) in [4.78, 5) is 31.7. The fraction of sp³-hybridized carbons (Fsp3) is 0.211. The Labute approximate surface area is 150 Å². The van der Waals surface area contributed by atoms with Crippen LogP contribution in [-0.4, -0.2) is 47.9 Å². The van der Waals surface area contributed by atoms with Gasteiger partial charge in [0.05, 0.1) is 5.56 Å². The molecule has 1 aromatic carbocycles. The first-order valence-electron chi connectivity index (χ1n) is 8.27. The molecule has 0 radical (unpaired) electrons. The molecule has 2 amide bonds. The van der Waals surface area contributed by atoms with Crippen molar-refractivity contribution < 1.29 is 14.0 Å². The molecule has 0 atom stereocenters. The second-order valence-corrected chi connectivity index (χ2v) is 5.91. The first kappa shape index (κ1) is 17.6. The number of benzene rings is 1. The van der Waals surface area contributed by atoms with E-state index >= 15 is 0 Å². The number of aromatic nitrogens is 1. The van der Waals surface area contributed by atoms with E-state index in [1.807, 2.05) is 4.90 Å². The first-order chi connectivity index (χ1) is 12.6. The highest BCUT2D eigenvalue weighted by molar-refractivity contribution is 5.97. The standard InChI is InChI=1S/C19H19FN4O2/c20-16-6-2-1-4-14(16)7-8-17(25)23-10-12-24(13-11-23)19-15(18(21)26)5-3-9-22-19/h1-9H,10-13H2,(H2,21,26). The summed E-state index contributed by atoms with van der Waals surface area (Å²) in [7, 11) is 0. The monoisotopic (exact) mass is 354 g/mol. The van der Waals surface area contributed by atoms with Crippen LogP contribution in [0.3, 0.4) is 0 Å². The van der Waals surface area contributed by atoms with E-state index in [9.17, 15) is 14.0 Å². The van der Waals surface area contributed by atoms with Gasteiger partial charge in [0.1, 0.15) is 11.6 Å². The minimum absolute atomic E-state index is 0.177. The molecular formula is C19H19FN4O2. The molecule has 1 fully saturated rings. The van der Waals surface area contributed by atoms with Gasteiger partial charge in [-0.05, 0) is 24.3 Å². The van der Waals surface area contributed by atoms with Crippen molar-refractivity contribution in [1.82, 2.24) is 9.88 Å². The summed E-state index contributed by atoms with van der Waals surface area (Å²) in [5, 5.41) is 0. The van der Waals surface area contributed by atoms with E-state index in [0.717, 1.165) is 0 Å². The Morgan fingerprint density at radius 1 is 1.08 bits per heavy atom. The van der Waals surface area contributed by atoms with Gasteiger partial charge in [-0.25, -0.2) is 9.37 Å². The summed E-state index contributed by atoms with van der Waals surface area (Å²) in [6.07, 6.45) is 4.47. The average molecular weight is 354 g/mol. The summed E-state index contributed by atoms with van der Waals surface area (Å²) in [5.74, 6) is -0.534. The molecule has 0 spiro atoms. The summed E-state index contributed by atoms with van der Waals surface area (Å²) in [6.45, 7) is 2.04. The van der Waals surface area contributed by atoms with Gasteiger partial charge < -0.3 is 15.5 Å². The Hall–Kier alpha value is -3.22. The zero-order valence-electron chi connectivity index (χ0n) is 14.1. The van der Waals surface area contributed by atoms with Crippen molar-refractivity contribution in [2.24, 2.45) is 5.73 Å². The molecule has 1 saturated heterocycles. The zero-order chi connectivity index (χ0) is 18.5. The maximum Gasteiger partial charge on any atom is 0.252 e. The molecule has 1 aliphatic rings. The van der Waals surface area contributed by atoms with Crippen LogP contribution in [0.25, 0.3) is 6.08 Å². The van der Waals surface area contributed by atoms with E-state index in [2.05, 4.69) is 4.98 Å². The molecule has 134 valence electrons. The van der Waals surface area contributed by atoms with Crippen molar-refractivity contribution in [1.29, 1.82) is 0 Å². The Bertz CT molecular complexity index is 845. The number of hydrogen-bond donors (Lipinski definition) is 1. The fourth-order valence-corrected chi connectivity index (χ4v) is 2.86. The highest BCUT2D eigenvalue weighted by Crippen LogP contribution is 2.18. The van der Waals surface area contributed by atoms with Crippen LogP contribution in [0.5, 0.6) is 0 Å². The van der Waals surface area contributed by atoms with Crippen molar-refractivity contribution >= 4 is 23.7 Å². The second-order valence-electron chi connectivity index (χ2n) is 5.91. The van der Waals surface area contributed by atoms with Crippen LogP contribution < -0.4 is 10.6 Å². The molecule has 0 bridgehead atoms. The smallest absolute Gasteiger partial charge is 0.252 e. The largest absolute Gasteiger partial charge is 0.365 e. The number of hydrogen-bond acceptors (Lipinski definition) is 4. The van der Waals surface area contributed by atoms with E-state index in [-0.39, 0.29) is 11.7 Å². The maximum absolute atomic E-state index is 13.6. The lowest BCUT2D eigenvalue weighted by Gasteiger charge is -2.35. The normalized spacial score (nSPS) is 14.7. The molecule has 6 nitrogen and oxygen atoms in total. The van der Waals surface area contributed by atoms with Crippen molar-refractivity contribution in [2.45, 2.75) is 0 Å². The van der Waals surface area contributed by atoms with Gasteiger partial charge in [-0.15, -0.1) is 0 Å². The molecule has 0 saturated carbocycles. The highest BCUT2D eigenvalue weighted by Gasteiger charge is 2.23. The molecule has 2 heterocycles. The van der Waals surface area contributed by atoms with Crippen molar-refractivity contribution in [3.8, 4) is 0 Å². The average Bonchev–Trinajstić information content (AvgIpc) is 2.67. The molecule has 1 aliphatic heterocycles. The number of nitrogens with two attached hydrogens (primary N) is 1. The maximum atomic E-state index is 13.6. The van der Waals surface area contributed by atoms with Crippen molar-refractivity contribution in [3.05, 3.63) is 65.6 Å². The number of nitrogens with zero attached hydrogens (tertiary/aromatic N) is 3. The predicted molar refractivity (Wildman–Crippen MR) is 97.0 cm³/mol. The van der Waals surface area contributed by atoms with Gasteiger partial charge in [0, 0.05) is 44.0 Å². The minimum atomic E-state index is -0.528. The van der Waals surface area contributed by atoms with E-state index in [1.165, 1.54) is 18.2 Å². The van der Waals surface area contributed by atoms with Gasteiger partial charge in [0.2, 0.25) is 5.91 Å². The van der Waals surface area contributed by atoms with Crippen LogP contribution in [0.1, 0.15) is 15.9 Å². The lowest BCUT2D eigenvalue weighted by atomic mass is 10.2. The molecule has 7 heteroatoms. The Kier molecular flexibility index (Phi) is 5.26. The predicted octanol–water partition coefficient (Wildman–Crippen LogP) is 1.68. The van der Waals surface area contributed by atoms with Gasteiger partial charge in [0.15, 0.2) is 0 Å². The Balaban J connectivity index is 1.63. The molecule has 3 rings (SSSR count). The molecule has 2 N–H and O–H groups in total. The first-order valence-corrected chi connectivity index (χ1v) is 8.27. The number of anilines is 1. The minimum Gasteiger partial charge on any atom is -0.365 e. The molecule has 26 heavy (non-hydrogen) atoms. The van der Waals surface area contributed by atoms with Crippen LogP contribution in [0.2, 0.25) is 0 Å². The topological polar surface area (TPSA) is 79.5 Å². The number of rotatable bonds is 4. The summed E-state index contributed by atoms with van der Waals surface area (Å²) >= 11 is 0. The van der Waals surface area contributed by atoms with Crippen LogP contribution >= 0.6 is 0 Å². The van der Waals surface area contributed by atoms with Gasteiger partial charge in [-0.2, -0.15) is 0 Å². The van der Waals surface area contributed by atoms with Crippen LogP contribution in [0.4, 0.5) is 10.2 Å². The molecule has 0 aliphatic carbocycles. The zero-order valence-corrected chi connectivity index (χ0v) is 14.1. The van der Waals surface area contributed by atoms with Crippen LogP contribution in [0.15, 0.2) is 48.7 Å². The number of primary amides is 1. The Morgan fingerprint density at radius 2 is 1.81 bits per heavy atom. The van der Waals surface area contributed by atoms with Gasteiger partial charge >= 0.3 is 0 Å². The highest BCUT2D eigenvalue weighted by atomic mass is 19.1. The van der Waals surface area contributed by atoms with E-state index < -0.39 is 5.91 Å². The van der Waals surface area contributed by atoms with E-state index in [0.29, 0.717) is 43.1 Å². The SMILES string of the molecule is NC(=O)c1cccnc1N1CCN(C(=O)C=Cc2ccccc2F)CC1. The number of pyridine rings is 1. The molecular weight excluding hydrogens is 335 g/mol. The Morgan fingerprint density at radius 3 is 2.50 bits per heavy atom. The lowest BCUT2D eigenvalue weighted by molar-refractivity contribution is -0.126. The third-order valence-corrected chi connectivity index (χ3v) is 4.25. The van der Waals surface area contributed by atoms with Crippen LogP contribution in [0, 0.1) is 5.82 Å². The van der Waals surface area contributed by atoms with Crippen LogP contribution in [-0.2, 0) is 4.79 Å². The van der Waals surface area contributed by atoms with Crippen molar-refractivity contribution in [3.63, 3.8) is 0 Å². The van der Waals surface area contributed by atoms with Crippen molar-refractivity contribution in [2.75, 3.05) is 31.1 Å². The number of amides is 2. The third-order valence-electron chi connectivity index (χ3n) is 4.25. The second kappa shape index (κ2) is 7.77. The number of piperazine rings is 1.